The lowest BCUT2D eigenvalue weighted by Crippen LogP contribution is -2.27. The average Bonchev–Trinajstić information content (AvgIpc) is 3.64. The van der Waals surface area contributed by atoms with Crippen molar-refractivity contribution in [2.75, 3.05) is 19.6 Å². The van der Waals surface area contributed by atoms with Crippen LogP contribution in [0.5, 0.6) is 0 Å². The number of hydrogen-bond donors (Lipinski definition) is 2. The molecule has 192 valence electrons. The highest BCUT2D eigenvalue weighted by Gasteiger charge is 2.24. The molecule has 3 aromatic rings. The van der Waals surface area contributed by atoms with Gasteiger partial charge in [-0.15, -0.1) is 0 Å². The number of carbonyl (C=O) groups is 1. The van der Waals surface area contributed by atoms with Crippen LogP contribution in [0.2, 0.25) is 0 Å². The molecule has 1 aromatic carbocycles. The van der Waals surface area contributed by atoms with Crippen LogP contribution in [0.4, 0.5) is 0 Å². The van der Waals surface area contributed by atoms with Gasteiger partial charge in [-0.3, -0.25) is 9.69 Å². The average molecular weight is 489 g/mol. The molecule has 7 heteroatoms. The monoisotopic (exact) mass is 488 g/mol. The van der Waals surface area contributed by atoms with E-state index in [1.54, 1.807) is 12.4 Å². The zero-order chi connectivity index (χ0) is 25.3. The third-order valence-electron chi connectivity index (χ3n) is 6.99. The van der Waals surface area contributed by atoms with Gasteiger partial charge in [0.2, 0.25) is 0 Å². The highest BCUT2D eigenvalue weighted by atomic mass is 16.1. The van der Waals surface area contributed by atoms with E-state index in [0.717, 1.165) is 60.7 Å². The van der Waals surface area contributed by atoms with Crippen molar-refractivity contribution in [3.63, 3.8) is 0 Å². The van der Waals surface area contributed by atoms with Crippen LogP contribution in [0.25, 0.3) is 6.08 Å². The van der Waals surface area contributed by atoms with Gasteiger partial charge in [0.1, 0.15) is 11.6 Å². The molecule has 7 nitrogen and oxygen atoms in total. The fourth-order valence-electron chi connectivity index (χ4n) is 5.09. The minimum atomic E-state index is 0.0890. The second-order valence-electron chi connectivity index (χ2n) is 9.81. The first-order valence-corrected chi connectivity index (χ1v) is 13.4. The predicted molar refractivity (Wildman–Crippen MR) is 144 cm³/mol. The van der Waals surface area contributed by atoms with Crippen LogP contribution in [0.1, 0.15) is 92.1 Å². The van der Waals surface area contributed by atoms with Crippen molar-refractivity contribution >= 4 is 11.9 Å². The molecule has 0 bridgehead atoms. The third kappa shape index (κ3) is 6.59. The van der Waals surface area contributed by atoms with Gasteiger partial charge in [-0.05, 0) is 81.9 Å². The third-order valence-corrected chi connectivity index (χ3v) is 6.99. The minimum Gasteiger partial charge on any atom is -0.348 e. The summed E-state index contributed by atoms with van der Waals surface area (Å²) < 4.78 is 0. The number of H-pyrrole nitrogens is 2. The molecule has 0 aliphatic heterocycles. The Morgan fingerprint density at radius 3 is 2.42 bits per heavy atom. The number of allylic oxidation sites excluding steroid dienone is 1. The number of Topliss-reactive ketones (excluding diaryl/α,β-unsaturated/α-hetero) is 1. The summed E-state index contributed by atoms with van der Waals surface area (Å²) in [6.07, 6.45) is 14.8. The zero-order valence-electron chi connectivity index (χ0n) is 22.0. The lowest BCUT2D eigenvalue weighted by molar-refractivity contribution is 0.103. The maximum Gasteiger partial charge on any atom is 0.189 e. The maximum atomic E-state index is 13.0. The normalized spacial score (nSPS) is 14.0. The summed E-state index contributed by atoms with van der Waals surface area (Å²) >= 11 is 0. The summed E-state index contributed by atoms with van der Waals surface area (Å²) in [6.45, 7) is 11.5. The van der Waals surface area contributed by atoms with Gasteiger partial charge in [-0.2, -0.15) is 0 Å². The Morgan fingerprint density at radius 1 is 0.944 bits per heavy atom. The predicted octanol–water partition coefficient (Wildman–Crippen LogP) is 5.77. The Labute approximate surface area is 215 Å². The maximum absolute atomic E-state index is 13.0. The lowest BCUT2D eigenvalue weighted by Gasteiger charge is -2.27. The Hall–Kier alpha value is -3.03. The highest BCUT2D eigenvalue weighted by Crippen LogP contribution is 2.30. The zero-order valence-corrected chi connectivity index (χ0v) is 22.0. The largest absolute Gasteiger partial charge is 0.348 e. The number of unbranched alkanes of at least 4 members (excludes halogenated alkanes) is 1. The van der Waals surface area contributed by atoms with Gasteiger partial charge in [-0.1, -0.05) is 26.0 Å². The first-order valence-electron chi connectivity index (χ1n) is 13.4. The molecule has 0 amide bonds. The van der Waals surface area contributed by atoms with Gasteiger partial charge in [0.25, 0.3) is 0 Å². The lowest BCUT2D eigenvalue weighted by atomic mass is 10.0. The van der Waals surface area contributed by atoms with E-state index in [1.165, 1.54) is 31.5 Å². The number of aromatic nitrogens is 4. The van der Waals surface area contributed by atoms with E-state index in [1.807, 2.05) is 18.5 Å². The van der Waals surface area contributed by atoms with Crippen LogP contribution in [0.15, 0.2) is 48.6 Å². The van der Waals surface area contributed by atoms with Crippen LogP contribution in [0, 0.1) is 0 Å². The second-order valence-corrected chi connectivity index (χ2v) is 9.81. The number of ketones is 1. The van der Waals surface area contributed by atoms with E-state index in [9.17, 15) is 4.79 Å². The Bertz CT molecular complexity index is 1110. The number of hydrogen-bond acceptors (Lipinski definition) is 5. The molecule has 1 atom stereocenters. The summed E-state index contributed by atoms with van der Waals surface area (Å²) in [5.74, 6) is 2.05. The molecule has 0 radical (unpaired) electrons. The molecule has 2 aromatic heterocycles. The summed E-state index contributed by atoms with van der Waals surface area (Å²) in [5.41, 5.74) is 4.02. The van der Waals surface area contributed by atoms with Gasteiger partial charge in [0, 0.05) is 42.5 Å². The minimum absolute atomic E-state index is 0.0890. The van der Waals surface area contributed by atoms with Gasteiger partial charge in [-0.25, -0.2) is 9.97 Å². The quantitative estimate of drug-likeness (QED) is 0.266. The van der Waals surface area contributed by atoms with E-state index < -0.39 is 0 Å². The SMILES string of the molecule is CCCN(CCC)CCCCC1=Cc2cc(CN(Cc3ncc[nH]3)C(C)c3ncc[nH]3)ccc2C1=O. The fourth-order valence-corrected chi connectivity index (χ4v) is 5.09. The summed E-state index contributed by atoms with van der Waals surface area (Å²) in [7, 11) is 0. The van der Waals surface area contributed by atoms with Crippen molar-refractivity contribution in [3.05, 3.63) is 76.9 Å². The van der Waals surface area contributed by atoms with E-state index in [-0.39, 0.29) is 11.8 Å². The summed E-state index contributed by atoms with van der Waals surface area (Å²) in [5, 5.41) is 0. The molecule has 1 unspecified atom stereocenters. The molecular formula is C29H40N6O. The molecule has 36 heavy (non-hydrogen) atoms. The molecule has 2 heterocycles. The summed E-state index contributed by atoms with van der Waals surface area (Å²) in [4.78, 5) is 33.2. The number of fused-ring (bicyclic) bond motifs is 1. The number of benzene rings is 1. The molecule has 1 aliphatic rings. The standard InChI is InChI=1S/C29H40N6O/c1-4-15-34(16-5-2)17-7-6-8-24-19-25-18-23(9-10-26(25)28(24)36)20-35(21-27-30-11-12-31-27)22(3)29-32-13-14-33-29/h9-14,18-19,22H,4-8,15-17,20-21H2,1-3H3,(H,30,31)(H,32,33). The second kappa shape index (κ2) is 12.8. The summed E-state index contributed by atoms with van der Waals surface area (Å²) in [6, 6.07) is 6.36. The van der Waals surface area contributed by atoms with E-state index in [2.05, 4.69) is 68.7 Å². The molecule has 0 saturated carbocycles. The van der Waals surface area contributed by atoms with E-state index >= 15 is 0 Å². The molecule has 2 N–H and O–H groups in total. The highest BCUT2D eigenvalue weighted by molar-refractivity contribution is 6.17. The number of imidazole rings is 2. The first-order chi connectivity index (χ1) is 17.6. The Kier molecular flexibility index (Phi) is 9.25. The van der Waals surface area contributed by atoms with Crippen molar-refractivity contribution in [2.45, 2.75) is 72.0 Å². The van der Waals surface area contributed by atoms with Crippen LogP contribution in [-0.2, 0) is 13.1 Å². The van der Waals surface area contributed by atoms with Crippen molar-refractivity contribution in [2.24, 2.45) is 0 Å². The van der Waals surface area contributed by atoms with E-state index in [4.69, 9.17) is 0 Å². The number of nitrogens with zero attached hydrogens (tertiary/aromatic N) is 4. The van der Waals surface area contributed by atoms with E-state index in [0.29, 0.717) is 6.54 Å². The topological polar surface area (TPSA) is 80.9 Å². The van der Waals surface area contributed by atoms with Crippen molar-refractivity contribution in [3.8, 4) is 0 Å². The van der Waals surface area contributed by atoms with Gasteiger partial charge in [0.15, 0.2) is 5.78 Å². The Balaban J connectivity index is 1.40. The Morgan fingerprint density at radius 2 is 1.72 bits per heavy atom. The van der Waals surface area contributed by atoms with Crippen LogP contribution >= 0.6 is 0 Å². The smallest absolute Gasteiger partial charge is 0.189 e. The number of carbonyl (C=O) groups excluding carboxylic acids is 1. The van der Waals surface area contributed by atoms with Gasteiger partial charge in [0.05, 0.1) is 12.6 Å². The van der Waals surface area contributed by atoms with Crippen LogP contribution < -0.4 is 0 Å². The van der Waals surface area contributed by atoms with Gasteiger partial charge < -0.3 is 14.9 Å². The van der Waals surface area contributed by atoms with Crippen molar-refractivity contribution < 1.29 is 4.79 Å². The van der Waals surface area contributed by atoms with Gasteiger partial charge >= 0.3 is 0 Å². The molecule has 1 aliphatic carbocycles. The van der Waals surface area contributed by atoms with Crippen molar-refractivity contribution in [1.29, 1.82) is 0 Å². The van der Waals surface area contributed by atoms with Crippen LogP contribution in [0.3, 0.4) is 0 Å². The fraction of sp³-hybridized carbons (Fsp3) is 0.483. The van der Waals surface area contributed by atoms with Crippen LogP contribution in [-0.4, -0.2) is 55.2 Å². The molecule has 0 fully saturated rings. The molecule has 0 spiro atoms. The molecule has 0 saturated heterocycles. The molecule has 4 rings (SSSR count). The first kappa shape index (κ1) is 26.0. The van der Waals surface area contributed by atoms with Crippen molar-refractivity contribution in [1.82, 2.24) is 29.7 Å². The number of rotatable bonds is 15. The number of nitrogens with one attached hydrogen (secondary N) is 2. The number of aromatic amines is 2. The molecular weight excluding hydrogens is 448 g/mol.